The highest BCUT2D eigenvalue weighted by molar-refractivity contribution is 6.12. The summed E-state index contributed by atoms with van der Waals surface area (Å²) in [6.07, 6.45) is 0. The Hall–Kier alpha value is -3.28. The first-order valence-electron chi connectivity index (χ1n) is 9.80. The van der Waals surface area contributed by atoms with Crippen molar-refractivity contribution in [1.29, 1.82) is 0 Å². The molecule has 0 bridgehead atoms. The van der Waals surface area contributed by atoms with Crippen LogP contribution < -0.4 is 0 Å². The number of ether oxygens (including phenoxy) is 1. The SMILES string of the molecule is COC(=O)c1ccccc1-c1cccc2c(C(=O)N3CC4C(C3)C4(F)F)cccc12. The summed E-state index contributed by atoms with van der Waals surface area (Å²) in [5.74, 6) is -4.72. The van der Waals surface area contributed by atoms with Gasteiger partial charge in [0, 0.05) is 18.7 Å². The summed E-state index contributed by atoms with van der Waals surface area (Å²) in [4.78, 5) is 26.9. The topological polar surface area (TPSA) is 46.6 Å². The zero-order chi connectivity index (χ0) is 21.0. The number of hydrogen-bond acceptors (Lipinski definition) is 3. The monoisotopic (exact) mass is 407 g/mol. The molecule has 152 valence electrons. The molecule has 0 radical (unpaired) electrons. The quantitative estimate of drug-likeness (QED) is 0.595. The van der Waals surface area contributed by atoms with Crippen molar-refractivity contribution in [3.63, 3.8) is 0 Å². The lowest BCUT2D eigenvalue weighted by Gasteiger charge is -2.21. The van der Waals surface area contributed by atoms with Crippen LogP contribution in [0.5, 0.6) is 0 Å². The molecule has 1 saturated carbocycles. The van der Waals surface area contributed by atoms with Gasteiger partial charge in [0.1, 0.15) is 0 Å². The summed E-state index contributed by atoms with van der Waals surface area (Å²) in [5.41, 5.74) is 2.43. The minimum Gasteiger partial charge on any atom is -0.465 e. The third-order valence-corrected chi connectivity index (χ3v) is 6.26. The number of benzene rings is 3. The first-order valence-corrected chi connectivity index (χ1v) is 9.80. The molecule has 4 nitrogen and oxygen atoms in total. The lowest BCUT2D eigenvalue weighted by atomic mass is 9.92. The number of likely N-dealkylation sites (tertiary alicyclic amines) is 1. The van der Waals surface area contributed by atoms with Crippen molar-refractivity contribution in [3.8, 4) is 11.1 Å². The molecule has 0 N–H and O–H groups in total. The van der Waals surface area contributed by atoms with Crippen LogP contribution in [0.25, 0.3) is 21.9 Å². The van der Waals surface area contributed by atoms with E-state index in [1.165, 1.54) is 12.0 Å². The molecule has 1 amide bonds. The van der Waals surface area contributed by atoms with E-state index < -0.39 is 23.7 Å². The fraction of sp³-hybridized carbons (Fsp3) is 0.250. The number of hydrogen-bond donors (Lipinski definition) is 0. The van der Waals surface area contributed by atoms with E-state index >= 15 is 0 Å². The average Bonchev–Trinajstić information content (AvgIpc) is 3.10. The largest absolute Gasteiger partial charge is 0.465 e. The van der Waals surface area contributed by atoms with Crippen molar-refractivity contribution in [2.24, 2.45) is 11.8 Å². The molecule has 3 aromatic carbocycles. The number of piperidine rings is 1. The van der Waals surface area contributed by atoms with Crippen LogP contribution in [0.4, 0.5) is 8.78 Å². The highest BCUT2D eigenvalue weighted by atomic mass is 19.3. The number of carbonyl (C=O) groups is 2. The van der Waals surface area contributed by atoms with Gasteiger partial charge in [-0.1, -0.05) is 48.5 Å². The number of rotatable bonds is 3. The van der Waals surface area contributed by atoms with Gasteiger partial charge in [-0.05, 0) is 34.0 Å². The number of esters is 1. The van der Waals surface area contributed by atoms with Gasteiger partial charge in [-0.25, -0.2) is 13.6 Å². The molecule has 1 aliphatic heterocycles. The highest BCUT2D eigenvalue weighted by Crippen LogP contribution is 2.59. The Kier molecular flexibility index (Phi) is 4.13. The van der Waals surface area contributed by atoms with E-state index in [9.17, 15) is 18.4 Å². The summed E-state index contributed by atoms with van der Waals surface area (Å²) in [5, 5.41) is 1.54. The molecule has 1 heterocycles. The van der Waals surface area contributed by atoms with Crippen molar-refractivity contribution < 1.29 is 23.1 Å². The normalized spacial score (nSPS) is 21.4. The zero-order valence-corrected chi connectivity index (χ0v) is 16.3. The van der Waals surface area contributed by atoms with E-state index in [-0.39, 0.29) is 19.0 Å². The smallest absolute Gasteiger partial charge is 0.338 e. The standard InChI is InChI=1S/C24H19F2NO3/c1-30-23(29)19-7-3-2-6-17(19)15-8-4-10-16-14(15)9-5-11-18(16)22(28)27-12-20-21(13-27)24(20,25)26/h2-11,20-21H,12-13H2,1H3. The number of amides is 1. The van der Waals surface area contributed by atoms with Gasteiger partial charge in [0.25, 0.3) is 11.8 Å². The summed E-state index contributed by atoms with van der Waals surface area (Å²) in [6, 6.07) is 18.1. The molecular weight excluding hydrogens is 388 g/mol. The van der Waals surface area contributed by atoms with Crippen LogP contribution in [0.3, 0.4) is 0 Å². The second kappa shape index (κ2) is 6.62. The van der Waals surface area contributed by atoms with Crippen LogP contribution in [0.2, 0.25) is 0 Å². The predicted octanol–water partition coefficient (Wildman–Crippen LogP) is 4.63. The van der Waals surface area contributed by atoms with Crippen LogP contribution in [0, 0.1) is 11.8 Å². The lowest BCUT2D eigenvalue weighted by molar-refractivity contribution is 0.0459. The second-order valence-corrected chi connectivity index (χ2v) is 7.84. The molecule has 1 saturated heterocycles. The van der Waals surface area contributed by atoms with Gasteiger partial charge in [-0.15, -0.1) is 0 Å². The van der Waals surface area contributed by atoms with Crippen LogP contribution in [0.1, 0.15) is 20.7 Å². The molecule has 6 heteroatoms. The van der Waals surface area contributed by atoms with E-state index in [1.807, 2.05) is 36.4 Å². The van der Waals surface area contributed by atoms with Gasteiger partial charge in [0.15, 0.2) is 0 Å². The molecule has 30 heavy (non-hydrogen) atoms. The van der Waals surface area contributed by atoms with E-state index in [2.05, 4.69) is 0 Å². The number of carbonyl (C=O) groups excluding carboxylic acids is 2. The molecule has 3 aromatic rings. The molecule has 2 fully saturated rings. The first-order chi connectivity index (χ1) is 14.4. The number of methoxy groups -OCH3 is 1. The summed E-state index contributed by atoms with van der Waals surface area (Å²) < 4.78 is 32.0. The van der Waals surface area contributed by atoms with E-state index in [4.69, 9.17) is 4.74 Å². The maximum Gasteiger partial charge on any atom is 0.338 e. The molecule has 2 atom stereocenters. The summed E-state index contributed by atoms with van der Waals surface area (Å²) in [6.45, 7) is 0.190. The van der Waals surface area contributed by atoms with Gasteiger partial charge in [-0.2, -0.15) is 0 Å². The van der Waals surface area contributed by atoms with Gasteiger partial charge in [0.2, 0.25) is 0 Å². The lowest BCUT2D eigenvalue weighted by Crippen LogP contribution is -2.33. The fourth-order valence-corrected chi connectivity index (χ4v) is 4.58. The first kappa shape index (κ1) is 18.7. The van der Waals surface area contributed by atoms with Crippen molar-refractivity contribution >= 4 is 22.6 Å². The molecule has 1 aliphatic carbocycles. The molecule has 0 aromatic heterocycles. The van der Waals surface area contributed by atoms with Gasteiger partial charge in [0.05, 0.1) is 24.5 Å². The minimum atomic E-state index is -2.62. The Labute approximate surface area is 172 Å². The third kappa shape index (κ3) is 2.70. The van der Waals surface area contributed by atoms with E-state index in [0.29, 0.717) is 16.7 Å². The van der Waals surface area contributed by atoms with E-state index in [1.54, 1.807) is 24.3 Å². The zero-order valence-electron chi connectivity index (χ0n) is 16.3. The van der Waals surface area contributed by atoms with E-state index in [0.717, 1.165) is 16.3 Å². The number of halogens is 2. The third-order valence-electron chi connectivity index (χ3n) is 6.26. The number of nitrogens with zero attached hydrogens (tertiary/aromatic N) is 1. The minimum absolute atomic E-state index is 0.0950. The molecule has 2 unspecified atom stereocenters. The molecular formula is C24H19F2NO3. The van der Waals surface area contributed by atoms with Crippen molar-refractivity contribution in [3.05, 3.63) is 71.8 Å². The van der Waals surface area contributed by atoms with Crippen LogP contribution in [-0.2, 0) is 4.74 Å². The van der Waals surface area contributed by atoms with Gasteiger partial charge in [-0.3, -0.25) is 4.79 Å². The number of alkyl halides is 2. The highest BCUT2D eigenvalue weighted by Gasteiger charge is 2.72. The summed E-state index contributed by atoms with van der Waals surface area (Å²) >= 11 is 0. The predicted molar refractivity (Wildman–Crippen MR) is 109 cm³/mol. The molecule has 2 aliphatic rings. The Morgan fingerprint density at radius 2 is 1.47 bits per heavy atom. The Bertz CT molecular complexity index is 1180. The van der Waals surface area contributed by atoms with Gasteiger partial charge >= 0.3 is 5.97 Å². The Balaban J connectivity index is 1.57. The maximum absolute atomic E-state index is 13.5. The van der Waals surface area contributed by atoms with Crippen molar-refractivity contribution in [2.75, 3.05) is 20.2 Å². The average molecular weight is 407 g/mol. The maximum atomic E-state index is 13.5. The Morgan fingerprint density at radius 1 is 0.867 bits per heavy atom. The second-order valence-electron chi connectivity index (χ2n) is 7.84. The molecule has 5 rings (SSSR count). The van der Waals surface area contributed by atoms with Crippen LogP contribution >= 0.6 is 0 Å². The fourth-order valence-electron chi connectivity index (χ4n) is 4.58. The summed E-state index contributed by atoms with van der Waals surface area (Å²) in [7, 11) is 1.34. The van der Waals surface area contributed by atoms with Crippen LogP contribution in [0.15, 0.2) is 60.7 Å². The van der Waals surface area contributed by atoms with Gasteiger partial charge < -0.3 is 9.64 Å². The Morgan fingerprint density at radius 3 is 2.20 bits per heavy atom. The number of fused-ring (bicyclic) bond motifs is 2. The van der Waals surface area contributed by atoms with Crippen LogP contribution in [-0.4, -0.2) is 42.9 Å². The molecule has 0 spiro atoms. The van der Waals surface area contributed by atoms with Crippen molar-refractivity contribution in [1.82, 2.24) is 4.90 Å². The van der Waals surface area contributed by atoms with Crippen molar-refractivity contribution in [2.45, 2.75) is 5.92 Å².